The summed E-state index contributed by atoms with van der Waals surface area (Å²) in [5, 5.41) is 3.16. The van der Waals surface area contributed by atoms with Gasteiger partial charge in [0.15, 0.2) is 0 Å². The van der Waals surface area contributed by atoms with Gasteiger partial charge >= 0.3 is 0 Å². The van der Waals surface area contributed by atoms with Gasteiger partial charge in [-0.05, 0) is 83.6 Å². The molecule has 18 heteroatoms. The molecule has 4 aliphatic heterocycles. The number of alkyl halides is 4. The van der Waals surface area contributed by atoms with Crippen molar-refractivity contribution in [1.29, 1.82) is 0 Å². The highest BCUT2D eigenvalue weighted by molar-refractivity contribution is 5.96. The van der Waals surface area contributed by atoms with E-state index < -0.39 is 35.3 Å². The second kappa shape index (κ2) is 19.3. The van der Waals surface area contributed by atoms with E-state index in [-0.39, 0.29) is 74.6 Å². The van der Waals surface area contributed by atoms with E-state index in [1.807, 2.05) is 24.1 Å². The predicted octanol–water partition coefficient (Wildman–Crippen LogP) is 8.84. The lowest BCUT2D eigenvalue weighted by molar-refractivity contribution is -0.107. The maximum Gasteiger partial charge on any atom is 0.254 e. The van der Waals surface area contributed by atoms with Gasteiger partial charge in [0.05, 0.1) is 38.7 Å². The number of hydrogen-bond donors (Lipinski definition) is 1. The van der Waals surface area contributed by atoms with E-state index in [2.05, 4.69) is 5.32 Å². The minimum atomic E-state index is -2.55. The molecule has 12 nitrogen and oxygen atoms in total. The second-order valence-corrected chi connectivity index (χ2v) is 19.0. The van der Waals surface area contributed by atoms with E-state index in [4.69, 9.17) is 28.4 Å². The van der Waals surface area contributed by atoms with E-state index >= 15 is 0 Å². The number of carbonyl (C=O) groups is 2. The van der Waals surface area contributed by atoms with E-state index in [1.54, 1.807) is 58.3 Å². The van der Waals surface area contributed by atoms with Crippen LogP contribution >= 0.6 is 0 Å². The summed E-state index contributed by atoms with van der Waals surface area (Å²) in [7, 11) is 4.87. The Bertz CT molecular complexity index is 2520. The maximum absolute atomic E-state index is 13.9. The number of fused-ring (bicyclic) bond motifs is 2. The average molecular weight is 967 g/mol. The first-order chi connectivity index (χ1) is 33.0. The van der Waals surface area contributed by atoms with Crippen molar-refractivity contribution in [2.24, 2.45) is 11.8 Å². The van der Waals surface area contributed by atoms with Crippen LogP contribution in [0.25, 0.3) is 0 Å². The first-order valence-corrected chi connectivity index (χ1v) is 23.2. The minimum absolute atomic E-state index is 0.0682. The third-order valence-corrected chi connectivity index (χ3v) is 14.4. The number of amides is 2. The number of rotatable bonds is 12. The lowest BCUT2D eigenvalue weighted by atomic mass is 9.81. The van der Waals surface area contributed by atoms with Gasteiger partial charge in [-0.1, -0.05) is 24.3 Å². The van der Waals surface area contributed by atoms with Gasteiger partial charge in [-0.2, -0.15) is 0 Å². The van der Waals surface area contributed by atoms with Gasteiger partial charge in [0, 0.05) is 82.9 Å². The van der Waals surface area contributed by atoms with Gasteiger partial charge in [-0.25, -0.2) is 26.3 Å². The molecule has 0 radical (unpaired) electrons. The largest absolute Gasteiger partial charge is 0.495 e. The summed E-state index contributed by atoms with van der Waals surface area (Å²) in [5.74, 6) is -5.30. The van der Waals surface area contributed by atoms with Crippen LogP contribution in [0.1, 0.15) is 70.4 Å². The summed E-state index contributed by atoms with van der Waals surface area (Å²) < 4.78 is 115. The highest BCUT2D eigenvalue weighted by atomic mass is 19.3. The fraction of sp³-hybridized carbons (Fsp3) is 0.490. The van der Waals surface area contributed by atoms with Crippen molar-refractivity contribution in [3.8, 4) is 11.5 Å². The third kappa shape index (κ3) is 9.95. The third-order valence-electron chi connectivity index (χ3n) is 14.4. The zero-order chi connectivity index (χ0) is 48.7. The molecule has 69 heavy (non-hydrogen) atoms. The molecule has 0 spiro atoms. The van der Waals surface area contributed by atoms with E-state index in [0.717, 1.165) is 5.69 Å². The predicted molar refractivity (Wildman–Crippen MR) is 242 cm³/mol. The standard InChI is InChI=1S/C26H29F3N2O4.C25H27F3N2O4/c1-30(14-17-12-25(28,29)13-17)21-7-6-18(10-22(21)33-2)24(32)31-9-8-26(23(15-31)34-16-35-26)19-4-3-5-20(27)11-19;1-32-21-9-17(5-6-20(21)29-13-16-11-24(27,28)12-16)23(31)30-8-7-25(22(14-30)33-15-34-25)18-3-2-4-19(26)10-18/h3-7,10-11,17,23H,8-9,12-16H2,1-2H3;2-6,9-10,16,22,29H,7-8,11-15H2,1H3/t23-,26-;22-,25-/m11/s1. The lowest BCUT2D eigenvalue weighted by Gasteiger charge is -2.42. The van der Waals surface area contributed by atoms with Crippen LogP contribution in [0, 0.1) is 23.5 Å². The molecular formula is C51H56F6N4O8. The van der Waals surface area contributed by atoms with Crippen LogP contribution in [0.2, 0.25) is 0 Å². The van der Waals surface area contributed by atoms with Crippen LogP contribution < -0.4 is 19.7 Å². The molecule has 10 rings (SSSR count). The number of nitrogens with one attached hydrogen (secondary N) is 1. The van der Waals surface area contributed by atoms with Crippen LogP contribution in [-0.4, -0.2) is 120 Å². The smallest absolute Gasteiger partial charge is 0.254 e. The number of carbonyl (C=O) groups excluding carboxylic acids is 2. The number of halogens is 6. The molecule has 6 aliphatic rings. The van der Waals surface area contributed by atoms with E-state index in [0.29, 0.717) is 91.6 Å². The molecule has 0 unspecified atom stereocenters. The Labute approximate surface area is 396 Å². The van der Waals surface area contributed by atoms with Gasteiger partial charge in [0.25, 0.3) is 11.8 Å². The number of nitrogens with zero attached hydrogens (tertiary/aromatic N) is 3. The second-order valence-electron chi connectivity index (χ2n) is 19.0. The zero-order valence-electron chi connectivity index (χ0n) is 38.7. The lowest BCUT2D eigenvalue weighted by Crippen LogP contribution is -2.53. The normalized spacial score (nSPS) is 25.8. The Morgan fingerprint density at radius 2 is 1.17 bits per heavy atom. The number of benzene rings is 4. The Balaban J connectivity index is 0.000000172. The summed E-state index contributed by atoms with van der Waals surface area (Å²) in [6.07, 6.45) is -0.280. The van der Waals surface area contributed by atoms with E-state index in [1.165, 1.54) is 38.5 Å². The van der Waals surface area contributed by atoms with E-state index in [9.17, 15) is 35.9 Å². The summed E-state index contributed by atoms with van der Waals surface area (Å²) in [5.41, 5.74) is 2.19. The molecule has 2 amide bonds. The van der Waals surface area contributed by atoms with Crippen LogP contribution in [0.15, 0.2) is 84.9 Å². The Morgan fingerprint density at radius 3 is 1.67 bits per heavy atom. The quantitative estimate of drug-likeness (QED) is 0.138. The van der Waals surface area contributed by atoms with Gasteiger partial charge in [-0.15, -0.1) is 0 Å². The minimum Gasteiger partial charge on any atom is -0.495 e. The number of hydrogen-bond acceptors (Lipinski definition) is 10. The zero-order valence-corrected chi connectivity index (χ0v) is 38.7. The number of piperidine rings is 2. The van der Waals surface area contributed by atoms with Crippen LogP contribution in [0.3, 0.4) is 0 Å². The highest BCUT2D eigenvalue weighted by Crippen LogP contribution is 2.47. The topological polar surface area (TPSA) is 111 Å². The van der Waals surface area contributed by atoms with Crippen LogP contribution in [0.5, 0.6) is 11.5 Å². The van der Waals surface area contributed by atoms with Gasteiger partial charge < -0.3 is 48.4 Å². The SMILES string of the molecule is COc1cc(C(=O)N2CC[C@]3(c4cccc(F)c4)OCO[C@@H]3C2)ccc1N(C)CC1CC(F)(F)C1.COc1cc(C(=O)N2CC[C@]3(c4cccc(F)c4)OCO[C@@H]3C2)ccc1NCC1CC(F)(F)C1. The average Bonchev–Trinajstić information content (AvgIpc) is 3.97. The molecule has 4 saturated heterocycles. The maximum atomic E-state index is 13.9. The molecule has 6 fully saturated rings. The number of ether oxygens (including phenoxy) is 6. The molecule has 1 N–H and O–H groups in total. The van der Waals surface area contributed by atoms with Crippen LogP contribution in [-0.2, 0) is 30.1 Å². The first-order valence-electron chi connectivity index (χ1n) is 23.2. The molecule has 0 bridgehead atoms. The van der Waals surface area contributed by atoms with Gasteiger partial charge in [-0.3, -0.25) is 9.59 Å². The summed E-state index contributed by atoms with van der Waals surface area (Å²) >= 11 is 0. The van der Waals surface area contributed by atoms with Crippen molar-refractivity contribution in [2.45, 2.75) is 73.8 Å². The van der Waals surface area contributed by atoms with Gasteiger partial charge in [0.1, 0.15) is 60.1 Å². The Hall–Kier alpha value is -5.56. The summed E-state index contributed by atoms with van der Waals surface area (Å²) in [6, 6.07) is 22.9. The van der Waals surface area contributed by atoms with Crippen molar-refractivity contribution < 1.29 is 64.4 Å². The van der Waals surface area contributed by atoms with Crippen molar-refractivity contribution in [3.63, 3.8) is 0 Å². The molecule has 370 valence electrons. The monoisotopic (exact) mass is 966 g/mol. The summed E-state index contributed by atoms with van der Waals surface area (Å²) in [6.45, 7) is 2.57. The number of methoxy groups -OCH3 is 2. The molecular weight excluding hydrogens is 911 g/mol. The molecule has 2 saturated carbocycles. The van der Waals surface area contributed by atoms with Crippen molar-refractivity contribution in [1.82, 2.24) is 9.80 Å². The molecule has 4 atom stereocenters. The molecule has 0 aromatic heterocycles. The molecule has 4 heterocycles. The Morgan fingerprint density at radius 1 is 0.681 bits per heavy atom. The van der Waals surface area contributed by atoms with Gasteiger partial charge in [0.2, 0.25) is 11.8 Å². The summed E-state index contributed by atoms with van der Waals surface area (Å²) in [4.78, 5) is 31.9. The fourth-order valence-corrected chi connectivity index (χ4v) is 10.7. The molecule has 4 aromatic carbocycles. The fourth-order valence-electron chi connectivity index (χ4n) is 10.7. The van der Waals surface area contributed by atoms with Crippen molar-refractivity contribution in [3.05, 3.63) is 119 Å². The number of likely N-dealkylation sites (tertiary alicyclic amines) is 2. The van der Waals surface area contributed by atoms with Crippen molar-refractivity contribution >= 4 is 23.2 Å². The number of anilines is 2. The highest BCUT2D eigenvalue weighted by Gasteiger charge is 2.53. The Kier molecular flexibility index (Phi) is 13.6. The first kappa shape index (κ1) is 48.5. The molecule has 4 aromatic rings. The van der Waals surface area contributed by atoms with Crippen LogP contribution in [0.4, 0.5) is 37.7 Å². The van der Waals surface area contributed by atoms with Crippen molar-refractivity contribution in [2.75, 3.05) is 84.3 Å². The molecule has 2 aliphatic carbocycles.